The number of pyridine rings is 1. The molecule has 0 spiro atoms. The first-order chi connectivity index (χ1) is 16.8. The van der Waals surface area contributed by atoms with Gasteiger partial charge in [0.2, 0.25) is 5.91 Å². The number of fused-ring (bicyclic) bond motifs is 1. The summed E-state index contributed by atoms with van der Waals surface area (Å²) in [5, 5.41) is 4.33. The van der Waals surface area contributed by atoms with E-state index in [4.69, 9.17) is 27.6 Å². The number of hydrogen-bond donors (Lipinski definition) is 1. The van der Waals surface area contributed by atoms with Crippen LogP contribution in [0.5, 0.6) is 0 Å². The predicted octanol–water partition coefficient (Wildman–Crippen LogP) is 7.74. The molecule has 1 amide bonds. The van der Waals surface area contributed by atoms with Gasteiger partial charge in [0.05, 0.1) is 29.9 Å². The first-order valence-electron chi connectivity index (χ1n) is 12.7. The van der Waals surface area contributed by atoms with Crippen LogP contribution in [0.2, 0.25) is 23.2 Å². The molecule has 3 atom stereocenters. The molecule has 2 aliphatic rings. The van der Waals surface area contributed by atoms with Gasteiger partial charge in [0.15, 0.2) is 14.0 Å². The van der Waals surface area contributed by atoms with Crippen LogP contribution in [-0.4, -0.2) is 25.3 Å². The van der Waals surface area contributed by atoms with E-state index in [-0.39, 0.29) is 28.9 Å². The summed E-state index contributed by atoms with van der Waals surface area (Å²) < 4.78 is 6.40. The maximum absolute atomic E-state index is 12.8. The number of anilines is 2. The zero-order valence-corrected chi connectivity index (χ0v) is 24.1. The van der Waals surface area contributed by atoms with Crippen LogP contribution in [0.3, 0.4) is 0 Å². The lowest BCUT2D eigenvalue weighted by molar-refractivity contribution is -0.117. The van der Waals surface area contributed by atoms with E-state index in [1.807, 2.05) is 29.2 Å². The first kappa shape index (κ1) is 26.7. The Hall–Kier alpha value is -2.40. The minimum atomic E-state index is -1.96. The Morgan fingerprint density at radius 3 is 2.56 bits per heavy atom. The Kier molecular flexibility index (Phi) is 7.26. The average Bonchev–Trinajstić information content (AvgIpc) is 3.64. The molecule has 0 saturated heterocycles. The standard InChI is InChI=1S/C28H37ClN4O2Si/c1-17-26(32-25-14-12-22(29)23(31-25)16-35-36(7,8)28(3,4)5)21-15-20(30-6)11-13-24(21)33(18(2)34)27(17)19-9-10-19/h11-15,17,19,26-27H,9-10,16H2,1-5,7-8H3,(H,31,32)/t17-,26-,27-/m1/s1. The van der Waals surface area contributed by atoms with Gasteiger partial charge in [-0.2, -0.15) is 0 Å². The van der Waals surface area contributed by atoms with Crippen LogP contribution in [0.25, 0.3) is 4.85 Å². The number of rotatable bonds is 6. The summed E-state index contributed by atoms with van der Waals surface area (Å²) in [5.74, 6) is 1.40. The van der Waals surface area contributed by atoms with Crippen LogP contribution in [0, 0.1) is 18.4 Å². The Balaban J connectivity index is 1.68. The summed E-state index contributed by atoms with van der Waals surface area (Å²) in [7, 11) is -1.96. The third kappa shape index (κ3) is 5.18. The van der Waals surface area contributed by atoms with Crippen molar-refractivity contribution in [3.63, 3.8) is 0 Å². The molecule has 1 aromatic heterocycles. The third-order valence-corrected chi connectivity index (χ3v) is 13.0. The zero-order chi connectivity index (χ0) is 26.4. The van der Waals surface area contributed by atoms with E-state index in [9.17, 15) is 4.79 Å². The van der Waals surface area contributed by atoms with Crippen molar-refractivity contribution in [1.29, 1.82) is 0 Å². The largest absolute Gasteiger partial charge is 0.411 e. The predicted molar refractivity (Wildman–Crippen MR) is 149 cm³/mol. The maximum Gasteiger partial charge on any atom is 0.224 e. The Labute approximate surface area is 221 Å². The fourth-order valence-electron chi connectivity index (χ4n) is 4.91. The highest BCUT2D eigenvalue weighted by atomic mass is 35.5. The fourth-order valence-corrected chi connectivity index (χ4v) is 6.00. The quantitative estimate of drug-likeness (QED) is 0.310. The molecule has 0 radical (unpaired) electrons. The molecular weight excluding hydrogens is 488 g/mol. The van der Waals surface area contributed by atoms with Crippen molar-refractivity contribution >= 4 is 43.0 Å². The second kappa shape index (κ2) is 9.81. The van der Waals surface area contributed by atoms with Gasteiger partial charge in [-0.05, 0) is 66.7 Å². The van der Waals surface area contributed by atoms with Crippen molar-refractivity contribution in [3.8, 4) is 0 Å². The number of nitrogens with zero attached hydrogens (tertiary/aromatic N) is 3. The Bertz CT molecular complexity index is 1200. The lowest BCUT2D eigenvalue weighted by Crippen LogP contribution is -2.51. The highest BCUT2D eigenvalue weighted by molar-refractivity contribution is 6.74. The number of benzene rings is 1. The van der Waals surface area contributed by atoms with Gasteiger partial charge >= 0.3 is 0 Å². The summed E-state index contributed by atoms with van der Waals surface area (Å²) in [4.78, 5) is 23.2. The molecule has 6 nitrogen and oxygen atoms in total. The Morgan fingerprint density at radius 2 is 1.97 bits per heavy atom. The minimum absolute atomic E-state index is 0.0451. The monoisotopic (exact) mass is 524 g/mol. The number of nitrogens with one attached hydrogen (secondary N) is 1. The van der Waals surface area contributed by atoms with Gasteiger partial charge in [0.25, 0.3) is 0 Å². The lowest BCUT2D eigenvalue weighted by Gasteiger charge is -2.46. The van der Waals surface area contributed by atoms with Crippen molar-refractivity contribution < 1.29 is 9.22 Å². The van der Waals surface area contributed by atoms with Crippen molar-refractivity contribution in [3.05, 3.63) is 58.0 Å². The number of hydrogen-bond acceptors (Lipinski definition) is 4. The molecule has 1 saturated carbocycles. The van der Waals surface area contributed by atoms with Crippen LogP contribution >= 0.6 is 11.6 Å². The van der Waals surface area contributed by atoms with Gasteiger partial charge in [-0.25, -0.2) is 9.83 Å². The normalized spacial score (nSPS) is 22.1. The molecule has 1 fully saturated rings. The average molecular weight is 525 g/mol. The molecule has 1 aromatic carbocycles. The SMILES string of the molecule is [C-]#[N+]c1ccc2c(c1)[C@H](Nc1ccc(Cl)c(CO[Si](C)(C)C(C)(C)C)n1)[C@@H](C)[C@H](C1CC1)N2C(C)=O. The second-order valence-corrected chi connectivity index (χ2v) is 16.9. The smallest absolute Gasteiger partial charge is 0.224 e. The molecule has 2 aromatic rings. The van der Waals surface area contributed by atoms with Crippen molar-refractivity contribution in [2.75, 3.05) is 10.2 Å². The molecule has 0 unspecified atom stereocenters. The van der Waals surface area contributed by atoms with Crippen LogP contribution in [0.4, 0.5) is 17.2 Å². The van der Waals surface area contributed by atoms with Gasteiger partial charge in [-0.15, -0.1) is 0 Å². The number of halogens is 1. The van der Waals surface area contributed by atoms with Gasteiger partial charge in [-0.3, -0.25) is 4.79 Å². The van der Waals surface area contributed by atoms with Crippen LogP contribution in [0.15, 0.2) is 30.3 Å². The number of amides is 1. The molecular formula is C28H37ClN4O2Si. The van der Waals surface area contributed by atoms with Crippen LogP contribution in [-0.2, 0) is 15.8 Å². The highest BCUT2D eigenvalue weighted by Crippen LogP contribution is 2.50. The summed E-state index contributed by atoms with van der Waals surface area (Å²) in [6.45, 7) is 22.8. The van der Waals surface area contributed by atoms with Gasteiger partial charge < -0.3 is 14.6 Å². The molecule has 192 valence electrons. The van der Waals surface area contributed by atoms with Crippen LogP contribution < -0.4 is 10.2 Å². The summed E-state index contributed by atoms with van der Waals surface area (Å²) in [6, 6.07) is 9.42. The van der Waals surface area contributed by atoms with Crippen molar-refractivity contribution in [2.45, 2.75) is 84.3 Å². The van der Waals surface area contributed by atoms with E-state index in [1.54, 1.807) is 13.0 Å². The lowest BCUT2D eigenvalue weighted by atomic mass is 9.79. The van der Waals surface area contributed by atoms with Crippen molar-refractivity contribution in [1.82, 2.24) is 4.98 Å². The van der Waals surface area contributed by atoms with E-state index in [2.05, 4.69) is 51.0 Å². The third-order valence-electron chi connectivity index (χ3n) is 8.14. The molecule has 36 heavy (non-hydrogen) atoms. The van der Waals surface area contributed by atoms with E-state index in [0.717, 1.165) is 29.9 Å². The highest BCUT2D eigenvalue weighted by Gasteiger charge is 2.47. The Morgan fingerprint density at radius 1 is 1.28 bits per heavy atom. The number of carbonyl (C=O) groups is 1. The van der Waals surface area contributed by atoms with Gasteiger partial charge in [-0.1, -0.05) is 45.4 Å². The summed E-state index contributed by atoms with van der Waals surface area (Å²) >= 11 is 6.53. The van der Waals surface area contributed by atoms with E-state index in [1.165, 1.54) is 0 Å². The van der Waals surface area contributed by atoms with Gasteiger partial charge in [0, 0.05) is 24.6 Å². The molecule has 0 bridgehead atoms. The van der Waals surface area contributed by atoms with E-state index in [0.29, 0.717) is 28.9 Å². The number of carbonyl (C=O) groups excluding carboxylic acids is 1. The molecule has 4 rings (SSSR count). The molecule has 1 N–H and O–H groups in total. The van der Waals surface area contributed by atoms with Crippen molar-refractivity contribution in [2.24, 2.45) is 11.8 Å². The molecule has 1 aliphatic heterocycles. The topological polar surface area (TPSA) is 58.8 Å². The van der Waals surface area contributed by atoms with Gasteiger partial charge in [0.1, 0.15) is 5.82 Å². The number of aromatic nitrogens is 1. The minimum Gasteiger partial charge on any atom is -0.411 e. The molecule has 1 aliphatic carbocycles. The van der Waals surface area contributed by atoms with E-state index >= 15 is 0 Å². The first-order valence-corrected chi connectivity index (χ1v) is 16.0. The maximum atomic E-state index is 12.8. The van der Waals surface area contributed by atoms with Crippen LogP contribution in [0.1, 0.15) is 64.8 Å². The zero-order valence-electron chi connectivity index (χ0n) is 22.4. The fraction of sp³-hybridized carbons (Fsp3) is 0.536. The second-order valence-electron chi connectivity index (χ2n) is 11.7. The van der Waals surface area contributed by atoms with E-state index < -0.39 is 8.32 Å². The summed E-state index contributed by atoms with van der Waals surface area (Å²) in [6.07, 6.45) is 2.27. The molecule has 2 heterocycles. The molecule has 8 heteroatoms. The summed E-state index contributed by atoms with van der Waals surface area (Å²) in [5.41, 5.74) is 3.12.